The van der Waals surface area contributed by atoms with Crippen molar-refractivity contribution in [2.75, 3.05) is 6.61 Å². The number of hydrogen-bond donors (Lipinski definition) is 1. The number of carbonyl (C=O) groups excluding carboxylic acids is 1. The van der Waals surface area contributed by atoms with Gasteiger partial charge in [0.15, 0.2) is 6.61 Å². The molecular formula is C18H16Cl2N2O2. The summed E-state index contributed by atoms with van der Waals surface area (Å²) >= 11 is 11.9. The molecule has 0 fully saturated rings. The fourth-order valence-electron chi connectivity index (χ4n) is 1.94. The first-order valence-corrected chi connectivity index (χ1v) is 7.95. The van der Waals surface area contributed by atoms with Crippen LogP contribution in [0.2, 0.25) is 10.0 Å². The Balaban J connectivity index is 1.89. The fraction of sp³-hybridized carbons (Fsp3) is 0.111. The van der Waals surface area contributed by atoms with Crippen molar-refractivity contribution in [2.24, 2.45) is 5.10 Å². The zero-order valence-corrected chi connectivity index (χ0v) is 14.3. The smallest absolute Gasteiger partial charge is 0.277 e. The van der Waals surface area contributed by atoms with Crippen LogP contribution in [0.15, 0.2) is 60.2 Å². The van der Waals surface area contributed by atoms with E-state index in [1.807, 2.05) is 18.2 Å². The lowest BCUT2D eigenvalue weighted by atomic mass is 10.1. The number of hydrogen-bond acceptors (Lipinski definition) is 3. The van der Waals surface area contributed by atoms with Gasteiger partial charge in [-0.3, -0.25) is 4.79 Å². The van der Waals surface area contributed by atoms with Gasteiger partial charge in [-0.05, 0) is 24.1 Å². The Hall–Kier alpha value is -2.30. The molecule has 0 saturated carbocycles. The topological polar surface area (TPSA) is 50.7 Å². The van der Waals surface area contributed by atoms with Gasteiger partial charge >= 0.3 is 0 Å². The second-order valence-electron chi connectivity index (χ2n) is 4.83. The van der Waals surface area contributed by atoms with E-state index in [-0.39, 0.29) is 12.5 Å². The van der Waals surface area contributed by atoms with Gasteiger partial charge in [-0.25, -0.2) is 5.43 Å². The molecule has 0 bridgehead atoms. The summed E-state index contributed by atoms with van der Waals surface area (Å²) in [5.74, 6) is 0.271. The molecule has 2 aromatic carbocycles. The van der Waals surface area contributed by atoms with Gasteiger partial charge < -0.3 is 4.74 Å². The Morgan fingerprint density at radius 3 is 2.79 bits per heavy atom. The average Bonchev–Trinajstić information content (AvgIpc) is 2.58. The number of ether oxygens (including phenoxy) is 1. The number of rotatable bonds is 7. The molecule has 24 heavy (non-hydrogen) atoms. The minimum absolute atomic E-state index is 0.144. The third-order valence-electron chi connectivity index (χ3n) is 3.07. The largest absolute Gasteiger partial charge is 0.483 e. The van der Waals surface area contributed by atoms with Crippen LogP contribution in [0.4, 0.5) is 0 Å². The van der Waals surface area contributed by atoms with E-state index in [1.165, 1.54) is 6.21 Å². The van der Waals surface area contributed by atoms with E-state index in [1.54, 1.807) is 30.3 Å². The predicted molar refractivity (Wildman–Crippen MR) is 98.0 cm³/mol. The molecule has 2 rings (SSSR count). The van der Waals surface area contributed by atoms with Crippen molar-refractivity contribution in [3.8, 4) is 5.75 Å². The molecule has 0 unspecified atom stereocenters. The van der Waals surface area contributed by atoms with E-state index in [9.17, 15) is 4.79 Å². The SMILES string of the molecule is C=CCc1ccccc1OCC(=O)N/N=C/c1cccc(Cl)c1Cl. The Labute approximate surface area is 150 Å². The molecule has 0 radical (unpaired) electrons. The maximum absolute atomic E-state index is 11.8. The van der Waals surface area contributed by atoms with Crippen molar-refractivity contribution < 1.29 is 9.53 Å². The number of carbonyl (C=O) groups is 1. The molecule has 0 aliphatic carbocycles. The molecule has 0 aromatic heterocycles. The lowest BCUT2D eigenvalue weighted by Gasteiger charge is -2.09. The van der Waals surface area contributed by atoms with E-state index in [2.05, 4.69) is 17.1 Å². The summed E-state index contributed by atoms with van der Waals surface area (Å²) in [6.45, 7) is 3.56. The highest BCUT2D eigenvalue weighted by atomic mass is 35.5. The minimum atomic E-state index is -0.377. The Morgan fingerprint density at radius 1 is 1.21 bits per heavy atom. The molecule has 1 amide bonds. The third-order valence-corrected chi connectivity index (χ3v) is 3.90. The highest BCUT2D eigenvalue weighted by Gasteiger charge is 2.05. The summed E-state index contributed by atoms with van der Waals surface area (Å²) in [6.07, 6.45) is 3.88. The van der Waals surface area contributed by atoms with Crippen LogP contribution in [0.1, 0.15) is 11.1 Å². The molecule has 0 spiro atoms. The van der Waals surface area contributed by atoms with Gasteiger partial charge in [-0.15, -0.1) is 6.58 Å². The Kier molecular flexibility index (Phi) is 6.85. The van der Waals surface area contributed by atoms with E-state index < -0.39 is 0 Å². The van der Waals surface area contributed by atoms with Gasteiger partial charge in [0.2, 0.25) is 0 Å². The first-order chi connectivity index (χ1) is 11.6. The van der Waals surface area contributed by atoms with Crippen LogP contribution in [-0.4, -0.2) is 18.7 Å². The fourth-order valence-corrected chi connectivity index (χ4v) is 2.29. The maximum Gasteiger partial charge on any atom is 0.277 e. The van der Waals surface area contributed by atoms with E-state index >= 15 is 0 Å². The molecule has 0 saturated heterocycles. The number of hydrazone groups is 1. The molecule has 2 aromatic rings. The minimum Gasteiger partial charge on any atom is -0.483 e. The Morgan fingerprint density at radius 2 is 2.00 bits per heavy atom. The molecule has 0 aliphatic heterocycles. The number of halogens is 2. The van der Waals surface area contributed by atoms with Gasteiger partial charge in [0, 0.05) is 5.56 Å². The van der Waals surface area contributed by atoms with Crippen molar-refractivity contribution >= 4 is 35.3 Å². The zero-order valence-electron chi connectivity index (χ0n) is 12.8. The lowest BCUT2D eigenvalue weighted by Crippen LogP contribution is -2.24. The highest BCUT2D eigenvalue weighted by Crippen LogP contribution is 2.24. The summed E-state index contributed by atoms with van der Waals surface area (Å²) < 4.78 is 5.52. The third kappa shape index (κ3) is 5.11. The van der Waals surface area contributed by atoms with Gasteiger partial charge in [0.25, 0.3) is 5.91 Å². The number of nitrogens with zero attached hydrogens (tertiary/aromatic N) is 1. The monoisotopic (exact) mass is 362 g/mol. The number of nitrogens with one attached hydrogen (secondary N) is 1. The zero-order chi connectivity index (χ0) is 17.4. The van der Waals surface area contributed by atoms with Crippen molar-refractivity contribution in [2.45, 2.75) is 6.42 Å². The summed E-state index contributed by atoms with van der Waals surface area (Å²) in [5.41, 5.74) is 3.96. The van der Waals surface area contributed by atoms with Gasteiger partial charge in [-0.1, -0.05) is 59.6 Å². The van der Waals surface area contributed by atoms with Crippen LogP contribution in [0.5, 0.6) is 5.75 Å². The Bertz CT molecular complexity index is 760. The molecule has 0 atom stereocenters. The number of benzene rings is 2. The second kappa shape index (κ2) is 9.11. The van der Waals surface area contributed by atoms with Crippen LogP contribution in [0, 0.1) is 0 Å². The molecule has 1 N–H and O–H groups in total. The summed E-state index contributed by atoms with van der Waals surface area (Å²) in [7, 11) is 0. The molecule has 0 aliphatic rings. The van der Waals surface area contributed by atoms with Crippen LogP contribution >= 0.6 is 23.2 Å². The van der Waals surface area contributed by atoms with Crippen LogP contribution < -0.4 is 10.2 Å². The summed E-state index contributed by atoms with van der Waals surface area (Å²) in [6, 6.07) is 12.6. The van der Waals surface area contributed by atoms with E-state index in [0.29, 0.717) is 27.8 Å². The van der Waals surface area contributed by atoms with Crippen molar-refractivity contribution in [1.29, 1.82) is 0 Å². The molecule has 6 heteroatoms. The normalized spacial score (nSPS) is 10.6. The predicted octanol–water partition coefficient (Wildman–Crippen LogP) is 4.25. The first kappa shape index (κ1) is 18.0. The summed E-state index contributed by atoms with van der Waals surface area (Å²) in [4.78, 5) is 11.8. The molecule has 4 nitrogen and oxygen atoms in total. The van der Waals surface area contributed by atoms with E-state index in [4.69, 9.17) is 27.9 Å². The van der Waals surface area contributed by atoms with Gasteiger partial charge in [-0.2, -0.15) is 5.10 Å². The van der Waals surface area contributed by atoms with Crippen molar-refractivity contribution in [3.63, 3.8) is 0 Å². The number of para-hydroxylation sites is 1. The van der Waals surface area contributed by atoms with Crippen LogP contribution in [-0.2, 0) is 11.2 Å². The molecule has 0 heterocycles. The number of allylic oxidation sites excluding steroid dienone is 1. The standard InChI is InChI=1S/C18H16Cl2N2O2/c1-2-6-13-7-3-4-10-16(13)24-12-17(23)22-21-11-14-8-5-9-15(19)18(14)20/h2-5,7-11H,1,6,12H2,(H,22,23)/b21-11+. The molecular weight excluding hydrogens is 347 g/mol. The highest BCUT2D eigenvalue weighted by molar-refractivity contribution is 6.43. The van der Waals surface area contributed by atoms with Gasteiger partial charge in [0.05, 0.1) is 16.3 Å². The second-order valence-corrected chi connectivity index (χ2v) is 5.61. The number of amides is 1. The maximum atomic E-state index is 11.8. The van der Waals surface area contributed by atoms with Crippen molar-refractivity contribution in [3.05, 3.63) is 76.3 Å². The van der Waals surface area contributed by atoms with Crippen molar-refractivity contribution in [1.82, 2.24) is 5.43 Å². The van der Waals surface area contributed by atoms with E-state index in [0.717, 1.165) is 5.56 Å². The summed E-state index contributed by atoms with van der Waals surface area (Å²) in [5, 5.41) is 4.66. The van der Waals surface area contributed by atoms with Gasteiger partial charge in [0.1, 0.15) is 5.75 Å². The van der Waals surface area contributed by atoms with Crippen LogP contribution in [0.3, 0.4) is 0 Å². The first-order valence-electron chi connectivity index (χ1n) is 7.19. The average molecular weight is 363 g/mol. The lowest BCUT2D eigenvalue weighted by molar-refractivity contribution is -0.123. The quantitative estimate of drug-likeness (QED) is 0.454. The van der Waals surface area contributed by atoms with Crippen LogP contribution in [0.25, 0.3) is 0 Å². The molecule has 124 valence electrons.